The zero-order valence-corrected chi connectivity index (χ0v) is 11.4. The second-order valence-corrected chi connectivity index (χ2v) is 5.29. The van der Waals surface area contributed by atoms with Crippen LogP contribution in [0.4, 0.5) is 5.95 Å². The summed E-state index contributed by atoms with van der Waals surface area (Å²) in [6, 6.07) is 0. The fraction of sp³-hybridized carbons (Fsp3) is 0.727. The van der Waals surface area contributed by atoms with Crippen LogP contribution in [0.3, 0.4) is 0 Å². The van der Waals surface area contributed by atoms with E-state index in [0.717, 1.165) is 6.54 Å². The highest BCUT2D eigenvalue weighted by Crippen LogP contribution is 2.40. The molecule has 6 heteroatoms. The van der Waals surface area contributed by atoms with Gasteiger partial charge in [-0.05, 0) is 47.9 Å². The Morgan fingerprint density at radius 1 is 1.12 bits per heavy atom. The first-order valence-corrected chi connectivity index (χ1v) is 6.70. The lowest BCUT2D eigenvalue weighted by atomic mass is 9.83. The van der Waals surface area contributed by atoms with Gasteiger partial charge in [0.25, 0.3) is 0 Å². The third-order valence-electron chi connectivity index (χ3n) is 3.62. The van der Waals surface area contributed by atoms with Crippen molar-refractivity contribution in [2.45, 2.75) is 39.0 Å². The van der Waals surface area contributed by atoms with Crippen LogP contribution in [0.15, 0.2) is 0 Å². The van der Waals surface area contributed by atoms with Crippen molar-refractivity contribution in [3.8, 4) is 0 Å². The highest BCUT2D eigenvalue weighted by molar-refractivity contribution is 6.31. The van der Waals surface area contributed by atoms with E-state index in [1.165, 1.54) is 32.1 Å². The Labute approximate surface area is 111 Å². The van der Waals surface area contributed by atoms with E-state index < -0.39 is 0 Å². The molecule has 0 aromatic carbocycles. The largest absolute Gasteiger partial charge is 0.353 e. The molecule has 1 saturated carbocycles. The summed E-state index contributed by atoms with van der Waals surface area (Å²) < 4.78 is 0. The Morgan fingerprint density at radius 2 is 1.71 bits per heavy atom. The Bertz CT molecular complexity index is 371. The van der Waals surface area contributed by atoms with E-state index in [4.69, 9.17) is 23.2 Å². The number of rotatable bonds is 4. The molecule has 1 aliphatic carbocycles. The first-order chi connectivity index (χ1) is 8.13. The van der Waals surface area contributed by atoms with Crippen molar-refractivity contribution in [1.29, 1.82) is 0 Å². The molecule has 0 amide bonds. The Balaban J connectivity index is 2.01. The quantitative estimate of drug-likeness (QED) is 0.912. The van der Waals surface area contributed by atoms with E-state index in [-0.39, 0.29) is 10.6 Å². The lowest BCUT2D eigenvalue weighted by Gasteiger charge is -2.27. The number of anilines is 1. The smallest absolute Gasteiger partial charge is 0.228 e. The standard InChI is InChI=1S/C11H16Cl2N4/c1-2-11(5-3-4-6-11)7-14-10-16-8(12)15-9(13)17-10/h2-7H2,1H3,(H,14,15,16,17). The fourth-order valence-corrected chi connectivity index (χ4v) is 2.82. The summed E-state index contributed by atoms with van der Waals surface area (Å²) in [5.41, 5.74) is 0.381. The van der Waals surface area contributed by atoms with Crippen LogP contribution in [0.1, 0.15) is 39.0 Å². The molecule has 0 radical (unpaired) electrons. The van der Waals surface area contributed by atoms with E-state index >= 15 is 0 Å². The van der Waals surface area contributed by atoms with E-state index in [9.17, 15) is 0 Å². The second-order valence-electron chi connectivity index (χ2n) is 4.61. The first-order valence-electron chi connectivity index (χ1n) is 5.94. The molecule has 17 heavy (non-hydrogen) atoms. The van der Waals surface area contributed by atoms with Crippen LogP contribution in [0.2, 0.25) is 10.6 Å². The van der Waals surface area contributed by atoms with Gasteiger partial charge >= 0.3 is 0 Å². The highest BCUT2D eigenvalue weighted by Gasteiger charge is 2.31. The predicted molar refractivity (Wildman–Crippen MR) is 69.5 cm³/mol. The molecular formula is C11H16Cl2N4. The summed E-state index contributed by atoms with van der Waals surface area (Å²) >= 11 is 11.5. The maximum atomic E-state index is 5.73. The van der Waals surface area contributed by atoms with Gasteiger partial charge in [-0.1, -0.05) is 19.8 Å². The zero-order valence-electron chi connectivity index (χ0n) is 9.84. The van der Waals surface area contributed by atoms with Crippen molar-refractivity contribution in [3.05, 3.63) is 10.6 Å². The lowest BCUT2D eigenvalue weighted by molar-refractivity contribution is 0.306. The van der Waals surface area contributed by atoms with Crippen LogP contribution in [0, 0.1) is 5.41 Å². The molecule has 0 atom stereocenters. The SMILES string of the molecule is CCC1(CNc2nc(Cl)nc(Cl)n2)CCCC1. The number of hydrogen-bond donors (Lipinski definition) is 1. The van der Waals surface area contributed by atoms with Crippen molar-refractivity contribution in [2.24, 2.45) is 5.41 Å². The number of aromatic nitrogens is 3. The summed E-state index contributed by atoms with van der Waals surface area (Å²) in [7, 11) is 0. The normalized spacial score (nSPS) is 18.3. The van der Waals surface area contributed by atoms with Gasteiger partial charge < -0.3 is 5.32 Å². The summed E-state index contributed by atoms with van der Waals surface area (Å²) in [6.45, 7) is 3.11. The molecule has 1 fully saturated rings. The van der Waals surface area contributed by atoms with E-state index in [2.05, 4.69) is 27.2 Å². The van der Waals surface area contributed by atoms with Gasteiger partial charge in [-0.3, -0.25) is 0 Å². The fourth-order valence-electron chi connectivity index (χ4n) is 2.45. The minimum atomic E-state index is 0.129. The van der Waals surface area contributed by atoms with Gasteiger partial charge in [-0.2, -0.15) is 15.0 Å². The van der Waals surface area contributed by atoms with E-state index in [1.807, 2.05) is 0 Å². The maximum Gasteiger partial charge on any atom is 0.228 e. The molecule has 0 unspecified atom stereocenters. The average molecular weight is 275 g/mol. The molecule has 0 aliphatic heterocycles. The van der Waals surface area contributed by atoms with Gasteiger partial charge in [-0.25, -0.2) is 0 Å². The zero-order chi connectivity index (χ0) is 12.3. The topological polar surface area (TPSA) is 50.7 Å². The van der Waals surface area contributed by atoms with Gasteiger partial charge in [0, 0.05) is 6.54 Å². The molecule has 1 aliphatic rings. The number of halogens is 2. The third kappa shape index (κ3) is 3.19. The lowest BCUT2D eigenvalue weighted by Crippen LogP contribution is -2.26. The minimum absolute atomic E-state index is 0.129. The second kappa shape index (κ2) is 5.36. The van der Waals surface area contributed by atoms with Crippen molar-refractivity contribution in [3.63, 3.8) is 0 Å². The molecule has 94 valence electrons. The predicted octanol–water partition coefficient (Wildman–Crippen LogP) is 3.56. The number of hydrogen-bond acceptors (Lipinski definition) is 4. The van der Waals surface area contributed by atoms with E-state index in [0.29, 0.717) is 11.4 Å². The van der Waals surface area contributed by atoms with Crippen LogP contribution in [-0.2, 0) is 0 Å². The first kappa shape index (κ1) is 12.8. The monoisotopic (exact) mass is 274 g/mol. The molecule has 0 saturated heterocycles. The molecular weight excluding hydrogens is 259 g/mol. The molecule has 1 aromatic rings. The third-order valence-corrected chi connectivity index (χ3v) is 3.95. The van der Waals surface area contributed by atoms with Crippen molar-refractivity contribution in [2.75, 3.05) is 11.9 Å². The Kier molecular flexibility index (Phi) is 4.05. The maximum absolute atomic E-state index is 5.73. The molecule has 1 aromatic heterocycles. The molecule has 1 N–H and O–H groups in total. The minimum Gasteiger partial charge on any atom is -0.353 e. The molecule has 1 heterocycles. The Morgan fingerprint density at radius 3 is 2.24 bits per heavy atom. The van der Waals surface area contributed by atoms with Crippen LogP contribution < -0.4 is 5.32 Å². The highest BCUT2D eigenvalue weighted by atomic mass is 35.5. The Hall–Kier alpha value is -0.610. The van der Waals surface area contributed by atoms with Gasteiger partial charge in [0.05, 0.1) is 0 Å². The average Bonchev–Trinajstić information content (AvgIpc) is 2.74. The van der Waals surface area contributed by atoms with Crippen LogP contribution in [0.5, 0.6) is 0 Å². The van der Waals surface area contributed by atoms with Gasteiger partial charge in [0.1, 0.15) is 0 Å². The van der Waals surface area contributed by atoms with E-state index in [1.54, 1.807) is 0 Å². The van der Waals surface area contributed by atoms with Crippen LogP contribution >= 0.6 is 23.2 Å². The van der Waals surface area contributed by atoms with Crippen molar-refractivity contribution >= 4 is 29.2 Å². The summed E-state index contributed by atoms with van der Waals surface area (Å²) in [5.74, 6) is 0.467. The number of nitrogens with one attached hydrogen (secondary N) is 1. The van der Waals surface area contributed by atoms with Gasteiger partial charge in [0.2, 0.25) is 16.5 Å². The summed E-state index contributed by atoms with van der Waals surface area (Å²) in [4.78, 5) is 11.7. The van der Waals surface area contributed by atoms with Crippen molar-refractivity contribution < 1.29 is 0 Å². The molecule has 0 bridgehead atoms. The summed E-state index contributed by atoms with van der Waals surface area (Å²) in [5, 5.41) is 3.49. The molecule has 0 spiro atoms. The molecule has 4 nitrogen and oxygen atoms in total. The van der Waals surface area contributed by atoms with Gasteiger partial charge in [0.15, 0.2) is 0 Å². The molecule has 2 rings (SSSR count). The van der Waals surface area contributed by atoms with Gasteiger partial charge in [-0.15, -0.1) is 0 Å². The van der Waals surface area contributed by atoms with Crippen LogP contribution in [0.25, 0.3) is 0 Å². The van der Waals surface area contributed by atoms with Crippen molar-refractivity contribution in [1.82, 2.24) is 15.0 Å². The summed E-state index contributed by atoms with van der Waals surface area (Å²) in [6.07, 6.45) is 6.33. The number of nitrogens with zero attached hydrogens (tertiary/aromatic N) is 3. The van der Waals surface area contributed by atoms with Crippen LogP contribution in [-0.4, -0.2) is 21.5 Å².